The largest absolute Gasteiger partial charge is 0.380 e. The number of hydrogen-bond acceptors (Lipinski definition) is 4. The zero-order valence-corrected chi connectivity index (χ0v) is 10.5. The maximum Gasteiger partial charge on any atom is 0.252 e. The van der Waals surface area contributed by atoms with Gasteiger partial charge in [-0.25, -0.2) is 4.52 Å². The predicted molar refractivity (Wildman–Crippen MR) is 71.2 cm³/mol. The lowest BCUT2D eigenvalue weighted by atomic mass is 10.2. The first kappa shape index (κ1) is 12.0. The monoisotopic (exact) mass is 260 g/mol. The lowest BCUT2D eigenvalue weighted by molar-refractivity contribution is 0.1000. The Labute approximate surface area is 110 Å². The van der Waals surface area contributed by atoms with Gasteiger partial charge in [0, 0.05) is 19.3 Å². The summed E-state index contributed by atoms with van der Waals surface area (Å²) in [6, 6.07) is 3.78. The van der Waals surface area contributed by atoms with E-state index >= 15 is 0 Å². The Hall–Kier alpha value is -2.08. The van der Waals surface area contributed by atoms with Gasteiger partial charge < -0.3 is 15.8 Å². The number of ether oxygens (including phenoxy) is 1. The van der Waals surface area contributed by atoms with Crippen molar-refractivity contribution >= 4 is 17.1 Å². The zero-order chi connectivity index (χ0) is 13.2. The summed E-state index contributed by atoms with van der Waals surface area (Å²) in [5.41, 5.74) is 7.37. The van der Waals surface area contributed by atoms with E-state index in [1.54, 1.807) is 4.52 Å². The van der Waals surface area contributed by atoms with Gasteiger partial charge in [0.05, 0.1) is 29.1 Å². The van der Waals surface area contributed by atoms with E-state index in [2.05, 4.69) is 10.4 Å². The molecule has 19 heavy (non-hydrogen) atoms. The minimum absolute atomic E-state index is 0.198. The molecule has 6 heteroatoms. The van der Waals surface area contributed by atoms with Crippen molar-refractivity contribution in [2.24, 2.45) is 5.73 Å². The molecule has 0 radical (unpaired) electrons. The fourth-order valence-electron chi connectivity index (χ4n) is 2.39. The quantitative estimate of drug-likeness (QED) is 0.860. The third-order valence-corrected chi connectivity index (χ3v) is 3.36. The maximum atomic E-state index is 11.5. The minimum Gasteiger partial charge on any atom is -0.380 e. The van der Waals surface area contributed by atoms with Crippen LogP contribution in [0.25, 0.3) is 5.52 Å². The molecule has 2 aromatic heterocycles. The van der Waals surface area contributed by atoms with Gasteiger partial charge in [0.15, 0.2) is 0 Å². The molecule has 2 aromatic rings. The van der Waals surface area contributed by atoms with E-state index < -0.39 is 5.91 Å². The van der Waals surface area contributed by atoms with Gasteiger partial charge in [0.2, 0.25) is 0 Å². The molecule has 1 aliphatic heterocycles. The number of aromatic nitrogens is 2. The van der Waals surface area contributed by atoms with Gasteiger partial charge >= 0.3 is 0 Å². The molecule has 1 atom stereocenters. The van der Waals surface area contributed by atoms with E-state index in [1.807, 2.05) is 18.3 Å². The van der Waals surface area contributed by atoms with Crippen LogP contribution in [0.2, 0.25) is 0 Å². The fraction of sp³-hybridized carbons (Fsp3) is 0.385. The Balaban J connectivity index is 1.91. The van der Waals surface area contributed by atoms with Crippen LogP contribution in [0.1, 0.15) is 23.2 Å². The summed E-state index contributed by atoms with van der Waals surface area (Å²) in [7, 11) is 0. The Morgan fingerprint density at radius 3 is 3.26 bits per heavy atom. The average molecular weight is 260 g/mol. The van der Waals surface area contributed by atoms with E-state index in [1.165, 1.54) is 6.20 Å². The van der Waals surface area contributed by atoms with Crippen molar-refractivity contribution in [3.05, 3.63) is 30.1 Å². The Bertz CT molecular complexity index is 602. The number of rotatable bonds is 4. The van der Waals surface area contributed by atoms with Crippen molar-refractivity contribution in [3.8, 4) is 0 Å². The molecule has 0 saturated carbocycles. The molecule has 3 N–H and O–H groups in total. The van der Waals surface area contributed by atoms with E-state index in [9.17, 15) is 4.79 Å². The van der Waals surface area contributed by atoms with Crippen LogP contribution in [-0.4, -0.2) is 34.8 Å². The number of anilines is 1. The van der Waals surface area contributed by atoms with Gasteiger partial charge in [-0.15, -0.1) is 0 Å². The number of nitrogens with zero attached hydrogens (tertiary/aromatic N) is 2. The molecule has 0 aromatic carbocycles. The van der Waals surface area contributed by atoms with Crippen molar-refractivity contribution in [1.29, 1.82) is 0 Å². The van der Waals surface area contributed by atoms with E-state index in [0.717, 1.165) is 30.7 Å². The summed E-state index contributed by atoms with van der Waals surface area (Å²) in [5.74, 6) is -0.481. The van der Waals surface area contributed by atoms with Crippen LogP contribution in [0.3, 0.4) is 0 Å². The molecule has 1 unspecified atom stereocenters. The predicted octanol–water partition coefficient (Wildman–Crippen LogP) is 1.02. The Kier molecular flexibility index (Phi) is 3.08. The van der Waals surface area contributed by atoms with Crippen LogP contribution in [0, 0.1) is 0 Å². The smallest absolute Gasteiger partial charge is 0.252 e. The van der Waals surface area contributed by atoms with E-state index in [0.29, 0.717) is 12.1 Å². The molecule has 1 saturated heterocycles. The zero-order valence-electron chi connectivity index (χ0n) is 10.5. The summed E-state index contributed by atoms with van der Waals surface area (Å²) in [4.78, 5) is 11.5. The van der Waals surface area contributed by atoms with Crippen molar-refractivity contribution < 1.29 is 9.53 Å². The van der Waals surface area contributed by atoms with Gasteiger partial charge in [-0.2, -0.15) is 5.10 Å². The standard InChI is InChI=1S/C13H16N4O2/c14-13(18)10-8-16-17-5-1-4-11(17)12(10)15-7-9-3-2-6-19-9/h1,4-5,8-9,15H,2-3,6-7H2,(H2,14,18). The highest BCUT2D eigenvalue weighted by atomic mass is 16.5. The van der Waals surface area contributed by atoms with Crippen molar-refractivity contribution in [3.63, 3.8) is 0 Å². The van der Waals surface area contributed by atoms with Crippen LogP contribution >= 0.6 is 0 Å². The highest BCUT2D eigenvalue weighted by Crippen LogP contribution is 2.22. The number of hydrogen-bond donors (Lipinski definition) is 2. The topological polar surface area (TPSA) is 81.7 Å². The van der Waals surface area contributed by atoms with Gasteiger partial charge in [0.25, 0.3) is 5.91 Å². The fourth-order valence-corrected chi connectivity index (χ4v) is 2.39. The van der Waals surface area contributed by atoms with Gasteiger partial charge in [0.1, 0.15) is 0 Å². The van der Waals surface area contributed by atoms with Crippen LogP contribution in [0.5, 0.6) is 0 Å². The number of nitrogens with two attached hydrogens (primary N) is 1. The average Bonchev–Trinajstić information content (AvgIpc) is 3.06. The van der Waals surface area contributed by atoms with Crippen LogP contribution in [0.4, 0.5) is 5.69 Å². The lowest BCUT2D eigenvalue weighted by Crippen LogP contribution is -2.22. The van der Waals surface area contributed by atoms with Crippen molar-refractivity contribution in [1.82, 2.24) is 9.61 Å². The van der Waals surface area contributed by atoms with Crippen LogP contribution < -0.4 is 11.1 Å². The summed E-state index contributed by atoms with van der Waals surface area (Å²) >= 11 is 0. The second kappa shape index (κ2) is 4.89. The summed E-state index contributed by atoms with van der Waals surface area (Å²) in [5, 5.41) is 7.43. The van der Waals surface area contributed by atoms with Crippen LogP contribution in [0.15, 0.2) is 24.5 Å². The number of fused-ring (bicyclic) bond motifs is 1. The van der Waals surface area contributed by atoms with Crippen molar-refractivity contribution in [2.45, 2.75) is 18.9 Å². The molecular formula is C13H16N4O2. The normalized spacial score (nSPS) is 18.8. The number of amides is 1. The first-order valence-corrected chi connectivity index (χ1v) is 6.37. The lowest BCUT2D eigenvalue weighted by Gasteiger charge is -2.15. The summed E-state index contributed by atoms with van der Waals surface area (Å²) in [6.07, 6.45) is 5.65. The number of nitrogens with one attached hydrogen (secondary N) is 1. The SMILES string of the molecule is NC(=O)c1cnn2cccc2c1NCC1CCCO1. The highest BCUT2D eigenvalue weighted by molar-refractivity contribution is 6.01. The first-order chi connectivity index (χ1) is 9.25. The van der Waals surface area contributed by atoms with E-state index in [4.69, 9.17) is 10.5 Å². The number of carbonyl (C=O) groups is 1. The Morgan fingerprint density at radius 2 is 2.53 bits per heavy atom. The molecule has 1 aliphatic rings. The molecule has 1 amide bonds. The summed E-state index contributed by atoms with van der Waals surface area (Å²) < 4.78 is 7.28. The second-order valence-corrected chi connectivity index (χ2v) is 4.65. The third kappa shape index (κ3) is 2.26. The highest BCUT2D eigenvalue weighted by Gasteiger charge is 2.18. The van der Waals surface area contributed by atoms with E-state index in [-0.39, 0.29) is 6.10 Å². The second-order valence-electron chi connectivity index (χ2n) is 4.65. The Morgan fingerprint density at radius 1 is 1.63 bits per heavy atom. The molecule has 100 valence electrons. The van der Waals surface area contributed by atoms with Crippen LogP contribution in [-0.2, 0) is 4.74 Å². The molecule has 6 nitrogen and oxygen atoms in total. The van der Waals surface area contributed by atoms with Gasteiger partial charge in [-0.1, -0.05) is 0 Å². The number of primary amides is 1. The molecular weight excluding hydrogens is 244 g/mol. The molecule has 3 heterocycles. The first-order valence-electron chi connectivity index (χ1n) is 6.37. The minimum atomic E-state index is -0.481. The third-order valence-electron chi connectivity index (χ3n) is 3.36. The van der Waals surface area contributed by atoms with Gasteiger partial charge in [-0.05, 0) is 25.0 Å². The van der Waals surface area contributed by atoms with Gasteiger partial charge in [-0.3, -0.25) is 4.79 Å². The molecule has 0 bridgehead atoms. The van der Waals surface area contributed by atoms with Crippen molar-refractivity contribution in [2.75, 3.05) is 18.5 Å². The molecule has 3 rings (SSSR count). The molecule has 1 fully saturated rings. The molecule has 0 aliphatic carbocycles. The number of carbonyl (C=O) groups excluding carboxylic acids is 1. The maximum absolute atomic E-state index is 11.5. The summed E-state index contributed by atoms with van der Waals surface area (Å²) in [6.45, 7) is 1.48. The molecule has 0 spiro atoms.